The molecule has 4 N–H and O–H groups in total. The van der Waals surface area contributed by atoms with Gasteiger partial charge < -0.3 is 16.2 Å². The van der Waals surface area contributed by atoms with E-state index in [9.17, 15) is 14.7 Å². The maximum Gasteiger partial charge on any atom is 0.326 e. The highest BCUT2D eigenvalue weighted by Gasteiger charge is 2.37. The van der Waals surface area contributed by atoms with Crippen molar-refractivity contribution in [3.8, 4) is 0 Å². The summed E-state index contributed by atoms with van der Waals surface area (Å²) >= 11 is 0. The number of pyridine rings is 1. The molecule has 3 rings (SSSR count). The minimum Gasteiger partial charge on any atom is -0.480 e. The first-order chi connectivity index (χ1) is 10.1. The monoisotopic (exact) mass is 285 g/mol. The lowest BCUT2D eigenvalue weighted by Gasteiger charge is -2.16. The van der Waals surface area contributed by atoms with Gasteiger partial charge in [0.15, 0.2) is 0 Å². The molecule has 1 saturated carbocycles. The molecule has 6 nitrogen and oxygen atoms in total. The molecule has 1 amide bonds. The van der Waals surface area contributed by atoms with Gasteiger partial charge in [0.25, 0.3) is 5.91 Å². The van der Waals surface area contributed by atoms with Crippen LogP contribution in [0.4, 0.5) is 5.82 Å². The molecule has 2 aromatic rings. The summed E-state index contributed by atoms with van der Waals surface area (Å²) in [4.78, 5) is 27.3. The fourth-order valence-electron chi connectivity index (χ4n) is 2.37. The molecule has 1 fully saturated rings. The van der Waals surface area contributed by atoms with E-state index in [1.807, 2.05) is 18.2 Å². The smallest absolute Gasteiger partial charge is 0.326 e. The maximum absolute atomic E-state index is 11.6. The van der Waals surface area contributed by atoms with E-state index in [-0.39, 0.29) is 17.3 Å². The largest absolute Gasteiger partial charge is 0.480 e. The number of nitrogens with two attached hydrogens (primary N) is 1. The molecule has 1 aromatic heterocycles. The van der Waals surface area contributed by atoms with Crippen molar-refractivity contribution in [2.75, 3.05) is 5.32 Å². The van der Waals surface area contributed by atoms with Crippen molar-refractivity contribution in [2.45, 2.75) is 18.9 Å². The zero-order valence-electron chi connectivity index (χ0n) is 11.2. The van der Waals surface area contributed by atoms with Gasteiger partial charge in [0.05, 0.1) is 11.1 Å². The maximum atomic E-state index is 11.6. The summed E-state index contributed by atoms with van der Waals surface area (Å²) in [6, 6.07) is 8.20. The number of nitrogens with zero attached hydrogens (tertiary/aromatic N) is 1. The van der Waals surface area contributed by atoms with Gasteiger partial charge in [-0.25, -0.2) is 9.78 Å². The van der Waals surface area contributed by atoms with Crippen molar-refractivity contribution in [2.24, 2.45) is 11.7 Å². The summed E-state index contributed by atoms with van der Waals surface area (Å²) < 4.78 is 0. The minimum atomic E-state index is -0.942. The lowest BCUT2D eigenvalue weighted by atomic mass is 10.1. The Morgan fingerprint density at radius 1 is 1.33 bits per heavy atom. The van der Waals surface area contributed by atoms with E-state index in [2.05, 4.69) is 10.3 Å². The van der Waals surface area contributed by atoms with Crippen LogP contribution in [0.15, 0.2) is 30.3 Å². The molecule has 1 aliphatic carbocycles. The highest BCUT2D eigenvalue weighted by atomic mass is 16.4. The molecule has 0 radical (unpaired) electrons. The van der Waals surface area contributed by atoms with Crippen LogP contribution < -0.4 is 11.1 Å². The molecule has 6 heteroatoms. The van der Waals surface area contributed by atoms with Gasteiger partial charge in [-0.1, -0.05) is 18.2 Å². The third kappa shape index (κ3) is 2.65. The standard InChI is InChI=1S/C15H15N3O3/c16-13(19)10-7-9-3-1-2-4-11(9)17-14(10)18-12(15(20)21)8-5-6-8/h1-4,7-8,12H,5-6H2,(H2,16,19)(H,17,18)(H,20,21). The fourth-order valence-corrected chi connectivity index (χ4v) is 2.37. The number of para-hydroxylation sites is 1. The first kappa shape index (κ1) is 13.4. The first-order valence-electron chi connectivity index (χ1n) is 6.75. The number of primary amides is 1. The van der Waals surface area contributed by atoms with Crippen molar-refractivity contribution in [3.63, 3.8) is 0 Å². The summed E-state index contributed by atoms with van der Waals surface area (Å²) in [6.45, 7) is 0. The number of nitrogens with one attached hydrogen (secondary N) is 1. The fraction of sp³-hybridized carbons (Fsp3) is 0.267. The molecule has 108 valence electrons. The molecule has 0 spiro atoms. The van der Waals surface area contributed by atoms with Crippen LogP contribution in [-0.4, -0.2) is 28.0 Å². The highest BCUT2D eigenvalue weighted by molar-refractivity contribution is 6.01. The van der Waals surface area contributed by atoms with E-state index in [0.717, 1.165) is 18.2 Å². The van der Waals surface area contributed by atoms with Crippen LogP contribution in [0.25, 0.3) is 10.9 Å². The Kier molecular flexibility index (Phi) is 3.21. The van der Waals surface area contributed by atoms with Gasteiger partial charge in [0.2, 0.25) is 0 Å². The van der Waals surface area contributed by atoms with Crippen LogP contribution in [0, 0.1) is 5.92 Å². The molecule has 0 saturated heterocycles. The number of carbonyl (C=O) groups is 2. The average molecular weight is 285 g/mol. The lowest BCUT2D eigenvalue weighted by molar-refractivity contribution is -0.138. The molecule has 1 atom stereocenters. The normalized spacial score (nSPS) is 15.6. The first-order valence-corrected chi connectivity index (χ1v) is 6.75. The second-order valence-electron chi connectivity index (χ2n) is 5.24. The predicted molar refractivity (Wildman–Crippen MR) is 78.0 cm³/mol. The number of aliphatic carboxylic acids is 1. The van der Waals surface area contributed by atoms with Gasteiger partial charge in [-0.15, -0.1) is 0 Å². The van der Waals surface area contributed by atoms with E-state index in [1.165, 1.54) is 0 Å². The Hall–Kier alpha value is -2.63. The van der Waals surface area contributed by atoms with Gasteiger partial charge >= 0.3 is 5.97 Å². The van der Waals surface area contributed by atoms with Crippen LogP contribution in [0.2, 0.25) is 0 Å². The van der Waals surface area contributed by atoms with Crippen LogP contribution in [-0.2, 0) is 4.79 Å². The molecule has 1 heterocycles. The van der Waals surface area contributed by atoms with Crippen molar-refractivity contribution in [1.82, 2.24) is 4.98 Å². The number of amides is 1. The van der Waals surface area contributed by atoms with Gasteiger partial charge in [0, 0.05) is 5.39 Å². The van der Waals surface area contributed by atoms with Crippen LogP contribution in [0.1, 0.15) is 23.2 Å². The van der Waals surface area contributed by atoms with Gasteiger partial charge in [0.1, 0.15) is 11.9 Å². The summed E-state index contributed by atoms with van der Waals surface area (Å²) in [7, 11) is 0. The van der Waals surface area contributed by atoms with Gasteiger partial charge in [-0.2, -0.15) is 0 Å². The molecular formula is C15H15N3O3. The Balaban J connectivity index is 2.04. The summed E-state index contributed by atoms with van der Waals surface area (Å²) in [5.74, 6) is -1.25. The number of aromatic nitrogens is 1. The Labute approximate surface area is 121 Å². The van der Waals surface area contributed by atoms with Crippen LogP contribution >= 0.6 is 0 Å². The van der Waals surface area contributed by atoms with Crippen molar-refractivity contribution in [3.05, 3.63) is 35.9 Å². The van der Waals surface area contributed by atoms with Gasteiger partial charge in [-0.3, -0.25) is 4.79 Å². The third-order valence-corrected chi connectivity index (χ3v) is 3.64. The molecule has 1 unspecified atom stereocenters. The number of rotatable bonds is 5. The average Bonchev–Trinajstić information content (AvgIpc) is 3.27. The van der Waals surface area contributed by atoms with E-state index < -0.39 is 17.9 Å². The molecule has 0 aliphatic heterocycles. The van der Waals surface area contributed by atoms with E-state index in [4.69, 9.17) is 5.73 Å². The molecular weight excluding hydrogens is 270 g/mol. The zero-order chi connectivity index (χ0) is 15.0. The van der Waals surface area contributed by atoms with E-state index >= 15 is 0 Å². The topological polar surface area (TPSA) is 105 Å². The van der Waals surface area contributed by atoms with Gasteiger partial charge in [-0.05, 0) is 30.9 Å². The highest BCUT2D eigenvalue weighted by Crippen LogP contribution is 2.35. The number of carbonyl (C=O) groups excluding carboxylic acids is 1. The van der Waals surface area contributed by atoms with Crippen LogP contribution in [0.3, 0.4) is 0 Å². The third-order valence-electron chi connectivity index (χ3n) is 3.64. The summed E-state index contributed by atoms with van der Waals surface area (Å²) in [5, 5.41) is 12.9. The number of anilines is 1. The van der Waals surface area contributed by atoms with Crippen molar-refractivity contribution < 1.29 is 14.7 Å². The SMILES string of the molecule is NC(=O)c1cc2ccccc2nc1NC(C(=O)O)C1CC1. The second-order valence-corrected chi connectivity index (χ2v) is 5.24. The summed E-state index contributed by atoms with van der Waals surface area (Å²) in [6.07, 6.45) is 1.73. The molecule has 0 bridgehead atoms. The molecule has 1 aromatic carbocycles. The number of fused-ring (bicyclic) bond motifs is 1. The quantitative estimate of drug-likeness (QED) is 0.774. The number of carboxylic acids is 1. The predicted octanol–water partition coefficient (Wildman–Crippen LogP) is 1.61. The minimum absolute atomic E-state index is 0.0801. The lowest BCUT2D eigenvalue weighted by Crippen LogP contribution is -2.33. The number of hydrogen-bond acceptors (Lipinski definition) is 4. The van der Waals surface area contributed by atoms with Crippen molar-refractivity contribution in [1.29, 1.82) is 0 Å². The van der Waals surface area contributed by atoms with Crippen LogP contribution in [0.5, 0.6) is 0 Å². The molecule has 1 aliphatic rings. The summed E-state index contributed by atoms with van der Waals surface area (Å²) in [5.41, 5.74) is 6.28. The van der Waals surface area contributed by atoms with E-state index in [1.54, 1.807) is 12.1 Å². The Morgan fingerprint density at radius 3 is 2.67 bits per heavy atom. The number of hydrogen-bond donors (Lipinski definition) is 3. The number of benzene rings is 1. The van der Waals surface area contributed by atoms with Crippen molar-refractivity contribution >= 4 is 28.6 Å². The Morgan fingerprint density at radius 2 is 2.05 bits per heavy atom. The number of carboxylic acid groups (broad SMARTS) is 1. The zero-order valence-corrected chi connectivity index (χ0v) is 11.2. The Bertz CT molecular complexity index is 725. The molecule has 21 heavy (non-hydrogen) atoms. The second kappa shape index (κ2) is 5.05. The van der Waals surface area contributed by atoms with E-state index in [0.29, 0.717) is 5.52 Å².